The monoisotopic (exact) mass is 217 g/mol. The molecular formula is C11H11N3O2. The summed E-state index contributed by atoms with van der Waals surface area (Å²) in [5, 5.41) is 3.88. The van der Waals surface area contributed by atoms with Gasteiger partial charge >= 0.3 is 0 Å². The van der Waals surface area contributed by atoms with E-state index in [1.807, 2.05) is 0 Å². The molecule has 0 aliphatic rings. The fraction of sp³-hybridized carbons (Fsp3) is 0.182. The van der Waals surface area contributed by atoms with Crippen molar-refractivity contribution in [3.8, 4) is 5.75 Å². The normalized spacial score (nSPS) is 10.1. The number of hydrogen-bond donors (Lipinski definition) is 0. The van der Waals surface area contributed by atoms with Crippen LogP contribution in [0.1, 0.15) is 10.4 Å². The van der Waals surface area contributed by atoms with Crippen LogP contribution >= 0.6 is 0 Å². The number of ketones is 1. The Labute approximate surface area is 92.7 Å². The van der Waals surface area contributed by atoms with E-state index < -0.39 is 0 Å². The number of benzene rings is 1. The highest BCUT2D eigenvalue weighted by Gasteiger charge is 2.07. The van der Waals surface area contributed by atoms with Crippen molar-refractivity contribution in [1.29, 1.82) is 0 Å². The average Bonchev–Trinajstić information content (AvgIpc) is 2.82. The number of Topliss-reactive ketones (excluding diaryl/α,β-unsaturated/α-hetero) is 1. The van der Waals surface area contributed by atoms with Crippen molar-refractivity contribution in [3.05, 3.63) is 42.5 Å². The summed E-state index contributed by atoms with van der Waals surface area (Å²) in [4.78, 5) is 15.6. The number of nitrogens with zero attached hydrogens (tertiary/aromatic N) is 3. The van der Waals surface area contributed by atoms with Crippen molar-refractivity contribution < 1.29 is 9.53 Å². The van der Waals surface area contributed by atoms with Crippen LogP contribution in [0.25, 0.3) is 0 Å². The fourth-order valence-corrected chi connectivity index (χ4v) is 1.35. The van der Waals surface area contributed by atoms with Crippen LogP contribution in [0.15, 0.2) is 36.9 Å². The Morgan fingerprint density at radius 2 is 2.38 bits per heavy atom. The van der Waals surface area contributed by atoms with Crippen LogP contribution in [0.4, 0.5) is 0 Å². The SMILES string of the molecule is COc1cccc(C(=O)Cn2cncn2)c1. The van der Waals surface area contributed by atoms with E-state index in [1.54, 1.807) is 31.4 Å². The Hall–Kier alpha value is -2.17. The van der Waals surface area contributed by atoms with Crippen LogP contribution in [-0.4, -0.2) is 27.7 Å². The van der Waals surface area contributed by atoms with Crippen LogP contribution in [0.5, 0.6) is 5.75 Å². The quantitative estimate of drug-likeness (QED) is 0.721. The molecule has 0 radical (unpaired) electrons. The van der Waals surface area contributed by atoms with E-state index in [-0.39, 0.29) is 12.3 Å². The first-order chi connectivity index (χ1) is 7.79. The zero-order chi connectivity index (χ0) is 11.4. The van der Waals surface area contributed by atoms with Crippen molar-refractivity contribution in [3.63, 3.8) is 0 Å². The molecule has 1 heterocycles. The molecule has 0 aliphatic heterocycles. The first-order valence-electron chi connectivity index (χ1n) is 4.79. The van der Waals surface area contributed by atoms with Gasteiger partial charge in [0.15, 0.2) is 5.78 Å². The maximum atomic E-state index is 11.8. The summed E-state index contributed by atoms with van der Waals surface area (Å²) in [5.74, 6) is 0.647. The number of aromatic nitrogens is 3. The molecule has 0 N–H and O–H groups in total. The molecule has 0 spiro atoms. The minimum atomic E-state index is -0.0237. The predicted molar refractivity (Wildman–Crippen MR) is 57.3 cm³/mol. The van der Waals surface area contributed by atoms with Crippen molar-refractivity contribution in [2.45, 2.75) is 6.54 Å². The topological polar surface area (TPSA) is 57.0 Å². The smallest absolute Gasteiger partial charge is 0.184 e. The van der Waals surface area contributed by atoms with E-state index >= 15 is 0 Å². The number of ether oxygens (including phenoxy) is 1. The van der Waals surface area contributed by atoms with Gasteiger partial charge in [-0.15, -0.1) is 0 Å². The molecule has 0 unspecified atom stereocenters. The van der Waals surface area contributed by atoms with E-state index in [0.29, 0.717) is 11.3 Å². The van der Waals surface area contributed by atoms with Crippen LogP contribution in [-0.2, 0) is 6.54 Å². The van der Waals surface area contributed by atoms with Gasteiger partial charge in [0.05, 0.1) is 7.11 Å². The minimum Gasteiger partial charge on any atom is -0.497 e. The Kier molecular flexibility index (Phi) is 2.95. The molecule has 0 fully saturated rings. The van der Waals surface area contributed by atoms with Gasteiger partial charge in [0.1, 0.15) is 24.9 Å². The minimum absolute atomic E-state index is 0.0237. The maximum absolute atomic E-state index is 11.8. The average molecular weight is 217 g/mol. The lowest BCUT2D eigenvalue weighted by Crippen LogP contribution is -2.10. The van der Waals surface area contributed by atoms with E-state index in [4.69, 9.17) is 4.74 Å². The fourth-order valence-electron chi connectivity index (χ4n) is 1.35. The number of hydrogen-bond acceptors (Lipinski definition) is 4. The number of methoxy groups -OCH3 is 1. The largest absolute Gasteiger partial charge is 0.497 e. The van der Waals surface area contributed by atoms with Crippen molar-refractivity contribution >= 4 is 5.78 Å². The second-order valence-electron chi connectivity index (χ2n) is 3.25. The molecule has 0 bridgehead atoms. The van der Waals surface area contributed by atoms with Crippen molar-refractivity contribution in [2.24, 2.45) is 0 Å². The van der Waals surface area contributed by atoms with Crippen LogP contribution in [0.2, 0.25) is 0 Å². The summed E-state index contributed by atoms with van der Waals surface area (Å²) in [6.45, 7) is 0.188. The highest BCUT2D eigenvalue weighted by Crippen LogP contribution is 2.13. The van der Waals surface area contributed by atoms with Gasteiger partial charge in [-0.3, -0.25) is 4.79 Å². The number of rotatable bonds is 4. The lowest BCUT2D eigenvalue weighted by molar-refractivity contribution is 0.0967. The molecule has 0 aliphatic carbocycles. The second kappa shape index (κ2) is 4.57. The molecule has 5 nitrogen and oxygen atoms in total. The predicted octanol–water partition coefficient (Wildman–Crippen LogP) is 1.17. The van der Waals surface area contributed by atoms with Crippen molar-refractivity contribution in [2.75, 3.05) is 7.11 Å². The van der Waals surface area contributed by atoms with Crippen LogP contribution in [0.3, 0.4) is 0 Å². The molecule has 0 atom stereocenters. The highest BCUT2D eigenvalue weighted by molar-refractivity contribution is 5.96. The zero-order valence-electron chi connectivity index (χ0n) is 8.83. The summed E-state index contributed by atoms with van der Waals surface area (Å²) in [7, 11) is 1.57. The van der Waals surface area contributed by atoms with Gasteiger partial charge in [-0.1, -0.05) is 12.1 Å². The number of carbonyl (C=O) groups is 1. The summed E-state index contributed by atoms with van der Waals surface area (Å²) < 4.78 is 6.54. The Bertz CT molecular complexity index is 480. The lowest BCUT2D eigenvalue weighted by Gasteiger charge is -2.03. The summed E-state index contributed by atoms with van der Waals surface area (Å²) in [6.07, 6.45) is 2.91. The van der Waals surface area contributed by atoms with Gasteiger partial charge in [-0.2, -0.15) is 5.10 Å². The standard InChI is InChI=1S/C11H11N3O2/c1-16-10-4-2-3-9(5-10)11(15)6-14-8-12-7-13-14/h2-5,7-8H,6H2,1H3. The third-order valence-corrected chi connectivity index (χ3v) is 2.16. The summed E-state index contributed by atoms with van der Waals surface area (Å²) in [6, 6.07) is 7.04. The Morgan fingerprint density at radius 1 is 1.50 bits per heavy atom. The van der Waals surface area contributed by atoms with Crippen molar-refractivity contribution in [1.82, 2.24) is 14.8 Å². The van der Waals surface area contributed by atoms with Gasteiger partial charge in [0.2, 0.25) is 0 Å². The molecule has 16 heavy (non-hydrogen) atoms. The lowest BCUT2D eigenvalue weighted by atomic mass is 10.1. The van der Waals surface area contributed by atoms with Crippen LogP contribution in [0, 0.1) is 0 Å². The number of carbonyl (C=O) groups excluding carboxylic acids is 1. The van der Waals surface area contributed by atoms with Gasteiger partial charge in [-0.05, 0) is 12.1 Å². The summed E-state index contributed by atoms with van der Waals surface area (Å²) >= 11 is 0. The van der Waals surface area contributed by atoms with Crippen LogP contribution < -0.4 is 4.74 Å². The molecule has 82 valence electrons. The molecule has 2 aromatic rings. The molecule has 1 aromatic carbocycles. The van der Waals surface area contributed by atoms with Gasteiger partial charge in [0, 0.05) is 5.56 Å². The van der Waals surface area contributed by atoms with Gasteiger partial charge < -0.3 is 4.74 Å². The van der Waals surface area contributed by atoms with E-state index in [1.165, 1.54) is 17.3 Å². The van der Waals surface area contributed by atoms with E-state index in [2.05, 4.69) is 10.1 Å². The third kappa shape index (κ3) is 2.25. The molecular weight excluding hydrogens is 206 g/mol. The Morgan fingerprint density at radius 3 is 3.06 bits per heavy atom. The van der Waals surface area contributed by atoms with E-state index in [0.717, 1.165) is 0 Å². The molecule has 2 rings (SSSR count). The molecule has 0 saturated carbocycles. The first-order valence-corrected chi connectivity index (χ1v) is 4.79. The zero-order valence-corrected chi connectivity index (χ0v) is 8.83. The first kappa shape index (κ1) is 10.4. The Balaban J connectivity index is 2.14. The summed E-state index contributed by atoms with van der Waals surface area (Å²) in [5.41, 5.74) is 0.606. The molecule has 0 amide bonds. The van der Waals surface area contributed by atoms with Gasteiger partial charge in [0.25, 0.3) is 0 Å². The van der Waals surface area contributed by atoms with Gasteiger partial charge in [-0.25, -0.2) is 9.67 Å². The second-order valence-corrected chi connectivity index (χ2v) is 3.25. The molecule has 5 heteroatoms. The maximum Gasteiger partial charge on any atom is 0.184 e. The third-order valence-electron chi connectivity index (χ3n) is 2.16. The molecule has 0 saturated heterocycles. The van der Waals surface area contributed by atoms with E-state index in [9.17, 15) is 4.79 Å². The molecule has 1 aromatic heterocycles. The highest BCUT2D eigenvalue weighted by atomic mass is 16.5.